The third-order valence-corrected chi connectivity index (χ3v) is 13.1. The predicted molar refractivity (Wildman–Crippen MR) is 204 cm³/mol. The molecule has 17 heteroatoms. The lowest BCUT2D eigenvalue weighted by molar-refractivity contribution is -0.136. The summed E-state index contributed by atoms with van der Waals surface area (Å²) >= 11 is 3.33. The van der Waals surface area contributed by atoms with Gasteiger partial charge in [-0.05, 0) is 73.1 Å². The van der Waals surface area contributed by atoms with E-state index in [2.05, 4.69) is 25.9 Å². The van der Waals surface area contributed by atoms with Crippen LogP contribution in [0.25, 0.3) is 0 Å². The number of nitrogens with zero attached hydrogens (tertiary/aromatic N) is 7. The standard InChI is InChI=1S/C40H41BrF2N8O6/c1-21(52)48-12-8-31-29(19-48)37(49-9-2-3-22-15-30(41)28(36(42)43)16-33(22)49)45-51(31)25-6-10-47(11-7-25)35(54)20-46-17-23-13-26-27(14-24(23)18-46)40(57)50(39(26)56)32-4-5-34(53)44-38(32)55/h13-16,25,32,36H,2-12,17-20H2,1H3,(H,44,53,55). The Morgan fingerprint density at radius 3 is 2.21 bits per heavy atom. The number of halogens is 3. The average Bonchev–Trinajstić information content (AvgIpc) is 3.84. The zero-order valence-corrected chi connectivity index (χ0v) is 32.9. The number of fused-ring (bicyclic) bond motifs is 4. The highest BCUT2D eigenvalue weighted by atomic mass is 79.9. The molecule has 6 aliphatic rings. The number of carbonyl (C=O) groups excluding carboxylic acids is 6. The first kappa shape index (κ1) is 37.5. The Hall–Kier alpha value is -5.03. The third kappa shape index (κ3) is 6.52. The Morgan fingerprint density at radius 1 is 0.860 bits per heavy atom. The highest BCUT2D eigenvalue weighted by Gasteiger charge is 2.45. The van der Waals surface area contributed by atoms with Gasteiger partial charge in [0.05, 0.1) is 30.3 Å². The Balaban J connectivity index is 0.877. The maximum absolute atomic E-state index is 14.0. The van der Waals surface area contributed by atoms with Gasteiger partial charge in [-0.15, -0.1) is 0 Å². The molecular weight excluding hydrogens is 806 g/mol. The largest absolute Gasteiger partial charge is 0.341 e. The number of carbonyl (C=O) groups is 6. The summed E-state index contributed by atoms with van der Waals surface area (Å²) in [6.45, 7) is 5.21. The minimum Gasteiger partial charge on any atom is -0.341 e. The first-order valence-corrected chi connectivity index (χ1v) is 20.3. The lowest BCUT2D eigenvalue weighted by Gasteiger charge is -2.34. The number of alkyl halides is 2. The molecule has 9 rings (SSSR count). The van der Waals surface area contributed by atoms with Crippen LogP contribution in [0.4, 0.5) is 20.3 Å². The molecular formula is C40H41BrF2N8O6. The van der Waals surface area contributed by atoms with Crippen LogP contribution in [-0.4, -0.2) is 104 Å². The van der Waals surface area contributed by atoms with E-state index in [1.54, 1.807) is 36.1 Å². The predicted octanol–water partition coefficient (Wildman–Crippen LogP) is 4.15. The summed E-state index contributed by atoms with van der Waals surface area (Å²) in [6.07, 6.45) is 1.07. The highest BCUT2D eigenvalue weighted by Crippen LogP contribution is 2.43. The Kier molecular flexibility index (Phi) is 9.49. The van der Waals surface area contributed by atoms with E-state index in [1.807, 2.05) is 14.7 Å². The second kappa shape index (κ2) is 14.4. The molecule has 2 fully saturated rings. The normalized spacial score (nSPS) is 21.2. The quantitative estimate of drug-likeness (QED) is 0.362. The van der Waals surface area contributed by atoms with Gasteiger partial charge >= 0.3 is 0 Å². The molecule has 0 spiro atoms. The summed E-state index contributed by atoms with van der Waals surface area (Å²) in [5, 5.41) is 7.40. The Morgan fingerprint density at radius 2 is 1.56 bits per heavy atom. The van der Waals surface area contributed by atoms with Crippen molar-refractivity contribution in [1.29, 1.82) is 0 Å². The van der Waals surface area contributed by atoms with Crippen molar-refractivity contribution in [2.75, 3.05) is 37.6 Å². The van der Waals surface area contributed by atoms with Crippen LogP contribution in [0.2, 0.25) is 0 Å². The molecule has 0 aliphatic carbocycles. The maximum atomic E-state index is 14.0. The summed E-state index contributed by atoms with van der Waals surface area (Å²) in [5.41, 5.74) is 5.76. The number of piperidine rings is 2. The maximum Gasteiger partial charge on any atom is 0.265 e. The van der Waals surface area contributed by atoms with Crippen molar-refractivity contribution < 1.29 is 37.5 Å². The summed E-state index contributed by atoms with van der Waals surface area (Å²) in [7, 11) is 0. The molecule has 0 radical (unpaired) electrons. The SMILES string of the molecule is CC(=O)N1CCc2c(c(N3CCCc4cc(Br)c(C(F)F)cc43)nn2C2CCN(C(=O)CN3Cc4cc5c(cc4C3)C(=O)N(C3CCC(=O)NC3=O)C5=O)CC2)C1. The molecule has 3 aromatic rings. The van der Waals surface area contributed by atoms with Gasteiger partial charge in [0.1, 0.15) is 6.04 Å². The molecule has 2 saturated heterocycles. The molecule has 1 aromatic heterocycles. The van der Waals surface area contributed by atoms with Gasteiger partial charge in [-0.2, -0.15) is 5.10 Å². The molecule has 6 amide bonds. The smallest absolute Gasteiger partial charge is 0.265 e. The van der Waals surface area contributed by atoms with Crippen LogP contribution in [0, 0.1) is 0 Å². The molecule has 7 heterocycles. The molecule has 0 saturated carbocycles. The van der Waals surface area contributed by atoms with Gasteiger partial charge in [-0.25, -0.2) is 8.78 Å². The van der Waals surface area contributed by atoms with Gasteiger partial charge in [-0.3, -0.25) is 48.6 Å². The Labute approximate surface area is 335 Å². The molecule has 14 nitrogen and oxygen atoms in total. The number of amides is 6. The topological polar surface area (TPSA) is 148 Å². The lowest BCUT2D eigenvalue weighted by atomic mass is 9.98. The van der Waals surface area contributed by atoms with E-state index in [0.29, 0.717) is 81.1 Å². The molecule has 2 aromatic carbocycles. The van der Waals surface area contributed by atoms with E-state index in [1.165, 1.54) is 0 Å². The van der Waals surface area contributed by atoms with Crippen molar-refractivity contribution in [1.82, 2.24) is 34.7 Å². The summed E-state index contributed by atoms with van der Waals surface area (Å²) in [6, 6.07) is 5.72. The van der Waals surface area contributed by atoms with Gasteiger partial charge in [0.2, 0.25) is 23.6 Å². The van der Waals surface area contributed by atoms with Gasteiger partial charge < -0.3 is 14.7 Å². The average molecular weight is 848 g/mol. The zero-order chi connectivity index (χ0) is 39.9. The van der Waals surface area contributed by atoms with Crippen molar-refractivity contribution in [3.8, 4) is 0 Å². The number of hydrogen-bond donors (Lipinski definition) is 1. The lowest BCUT2D eigenvalue weighted by Crippen LogP contribution is -2.54. The summed E-state index contributed by atoms with van der Waals surface area (Å²) < 4.78 is 30.5. The van der Waals surface area contributed by atoms with Crippen LogP contribution < -0.4 is 10.2 Å². The number of imide groups is 2. The van der Waals surface area contributed by atoms with Crippen LogP contribution in [0.1, 0.15) is 106 Å². The van der Waals surface area contributed by atoms with Crippen LogP contribution in [0.3, 0.4) is 0 Å². The number of aromatic nitrogens is 2. The number of anilines is 2. The fourth-order valence-corrected chi connectivity index (χ4v) is 9.99. The Bertz CT molecular complexity index is 2230. The molecule has 57 heavy (non-hydrogen) atoms. The van der Waals surface area contributed by atoms with E-state index in [9.17, 15) is 37.5 Å². The van der Waals surface area contributed by atoms with E-state index in [0.717, 1.165) is 45.7 Å². The fraction of sp³-hybridized carbons (Fsp3) is 0.475. The van der Waals surface area contributed by atoms with Crippen molar-refractivity contribution in [3.05, 3.63) is 73.4 Å². The summed E-state index contributed by atoms with van der Waals surface area (Å²) in [5.74, 6) is -1.54. The molecule has 1 N–H and O–H groups in total. The number of aryl methyl sites for hydroxylation is 1. The van der Waals surface area contributed by atoms with Crippen LogP contribution in [0.15, 0.2) is 28.7 Å². The minimum atomic E-state index is -2.64. The second-order valence-electron chi connectivity index (χ2n) is 15.8. The van der Waals surface area contributed by atoms with Crippen LogP contribution >= 0.6 is 15.9 Å². The molecule has 298 valence electrons. The molecule has 0 bridgehead atoms. The minimum absolute atomic E-state index is 0.0134. The van der Waals surface area contributed by atoms with E-state index in [-0.39, 0.29) is 53.9 Å². The molecule has 1 unspecified atom stereocenters. The zero-order valence-electron chi connectivity index (χ0n) is 31.4. The number of rotatable bonds is 6. The van der Waals surface area contributed by atoms with Gasteiger partial charge in [-0.1, -0.05) is 15.9 Å². The fourth-order valence-electron chi connectivity index (χ4n) is 9.42. The van der Waals surface area contributed by atoms with E-state index < -0.39 is 36.1 Å². The van der Waals surface area contributed by atoms with Crippen LogP contribution in [-0.2, 0) is 51.7 Å². The number of benzene rings is 2. The monoisotopic (exact) mass is 846 g/mol. The van der Waals surface area contributed by atoms with Crippen molar-refractivity contribution in [3.63, 3.8) is 0 Å². The van der Waals surface area contributed by atoms with E-state index >= 15 is 0 Å². The number of hydrogen-bond acceptors (Lipinski definition) is 9. The van der Waals surface area contributed by atoms with Crippen molar-refractivity contribution in [2.24, 2.45) is 0 Å². The molecule has 1 atom stereocenters. The van der Waals surface area contributed by atoms with Crippen LogP contribution in [0.5, 0.6) is 0 Å². The van der Waals surface area contributed by atoms with Gasteiger partial charge in [0.25, 0.3) is 18.2 Å². The first-order chi connectivity index (χ1) is 27.4. The number of likely N-dealkylation sites (tertiary alicyclic amines) is 1. The van der Waals surface area contributed by atoms with Crippen molar-refractivity contribution in [2.45, 2.75) is 90.0 Å². The van der Waals surface area contributed by atoms with Gasteiger partial charge in [0, 0.05) is 86.0 Å². The second-order valence-corrected chi connectivity index (χ2v) is 16.7. The first-order valence-electron chi connectivity index (χ1n) is 19.5. The third-order valence-electron chi connectivity index (χ3n) is 12.4. The molecule has 6 aliphatic heterocycles. The highest BCUT2D eigenvalue weighted by molar-refractivity contribution is 9.10. The van der Waals surface area contributed by atoms with E-state index in [4.69, 9.17) is 5.10 Å². The number of nitrogens with one attached hydrogen (secondary N) is 1. The summed E-state index contributed by atoms with van der Waals surface area (Å²) in [4.78, 5) is 85.6. The van der Waals surface area contributed by atoms with Gasteiger partial charge in [0.15, 0.2) is 5.82 Å². The van der Waals surface area contributed by atoms with Crippen molar-refractivity contribution >= 4 is 62.9 Å².